The molecule has 1 atom stereocenters. The quantitative estimate of drug-likeness (QED) is 0.804. The second-order valence-corrected chi connectivity index (χ2v) is 5.07. The molecule has 0 radical (unpaired) electrons. The van der Waals surface area contributed by atoms with Gasteiger partial charge in [0, 0.05) is 12.5 Å². The predicted octanol–water partition coefficient (Wildman–Crippen LogP) is 1.76. The van der Waals surface area contributed by atoms with Gasteiger partial charge in [0.15, 0.2) is 0 Å². The molecule has 0 aliphatic carbocycles. The molecule has 1 aromatic rings. The summed E-state index contributed by atoms with van der Waals surface area (Å²) in [5, 5.41) is 10.1. The lowest BCUT2D eigenvalue weighted by Crippen LogP contribution is -2.24. The van der Waals surface area contributed by atoms with Crippen molar-refractivity contribution in [3.63, 3.8) is 0 Å². The first kappa shape index (κ1) is 10.6. The highest BCUT2D eigenvalue weighted by atomic mass is 32.1. The van der Waals surface area contributed by atoms with Crippen LogP contribution < -0.4 is 5.73 Å². The first-order chi connectivity index (χ1) is 6.08. The van der Waals surface area contributed by atoms with Gasteiger partial charge in [-0.05, 0) is 19.3 Å². The van der Waals surface area contributed by atoms with Crippen LogP contribution in [0.25, 0.3) is 0 Å². The summed E-state index contributed by atoms with van der Waals surface area (Å²) < 4.78 is 0. The third kappa shape index (κ3) is 3.83. The Morgan fingerprint density at radius 2 is 2.08 bits per heavy atom. The lowest BCUT2D eigenvalue weighted by atomic mass is 10.0. The average Bonchev–Trinajstić information content (AvgIpc) is 2.33. The third-order valence-corrected chi connectivity index (χ3v) is 2.64. The zero-order valence-electron chi connectivity index (χ0n) is 8.45. The van der Waals surface area contributed by atoms with E-state index < -0.39 is 0 Å². The van der Waals surface area contributed by atoms with Crippen molar-refractivity contribution in [1.29, 1.82) is 0 Å². The molecule has 0 aliphatic heterocycles. The first-order valence-electron chi connectivity index (χ1n) is 4.62. The largest absolute Gasteiger partial charge is 0.327 e. The van der Waals surface area contributed by atoms with Gasteiger partial charge in [0.05, 0.1) is 0 Å². The average molecular weight is 199 g/mol. The van der Waals surface area contributed by atoms with E-state index in [0.29, 0.717) is 5.92 Å². The van der Waals surface area contributed by atoms with Gasteiger partial charge in [0.1, 0.15) is 10.0 Å². The van der Waals surface area contributed by atoms with E-state index in [0.717, 1.165) is 22.9 Å². The van der Waals surface area contributed by atoms with Gasteiger partial charge in [0.25, 0.3) is 0 Å². The van der Waals surface area contributed by atoms with Crippen molar-refractivity contribution < 1.29 is 0 Å². The van der Waals surface area contributed by atoms with Gasteiger partial charge in [-0.25, -0.2) is 0 Å². The van der Waals surface area contributed by atoms with Gasteiger partial charge in [-0.3, -0.25) is 0 Å². The molecule has 74 valence electrons. The van der Waals surface area contributed by atoms with Crippen LogP contribution >= 0.6 is 11.3 Å². The van der Waals surface area contributed by atoms with Crippen molar-refractivity contribution in [3.8, 4) is 0 Å². The minimum atomic E-state index is 0.229. The second-order valence-electron chi connectivity index (χ2n) is 3.81. The molecule has 1 rings (SSSR count). The summed E-state index contributed by atoms with van der Waals surface area (Å²) >= 11 is 1.64. The molecule has 13 heavy (non-hydrogen) atoms. The predicted molar refractivity (Wildman–Crippen MR) is 55.8 cm³/mol. The van der Waals surface area contributed by atoms with E-state index in [1.165, 1.54) is 0 Å². The highest BCUT2D eigenvalue weighted by Gasteiger charge is 2.09. The first-order valence-corrected chi connectivity index (χ1v) is 5.44. The Bertz CT molecular complexity index is 257. The van der Waals surface area contributed by atoms with Gasteiger partial charge < -0.3 is 5.73 Å². The van der Waals surface area contributed by atoms with E-state index in [-0.39, 0.29) is 6.04 Å². The number of rotatable bonds is 4. The minimum Gasteiger partial charge on any atom is -0.327 e. The molecule has 1 aromatic heterocycles. The molecule has 0 saturated carbocycles. The summed E-state index contributed by atoms with van der Waals surface area (Å²) in [7, 11) is 0. The Morgan fingerprint density at radius 1 is 1.38 bits per heavy atom. The van der Waals surface area contributed by atoms with Gasteiger partial charge in [0.2, 0.25) is 0 Å². The Labute approximate surface area is 83.4 Å². The van der Waals surface area contributed by atoms with Crippen molar-refractivity contribution in [2.24, 2.45) is 11.7 Å². The highest BCUT2D eigenvalue weighted by molar-refractivity contribution is 7.11. The number of aromatic nitrogens is 2. The fraction of sp³-hybridized carbons (Fsp3) is 0.778. The molecule has 0 spiro atoms. The van der Waals surface area contributed by atoms with Crippen molar-refractivity contribution in [3.05, 3.63) is 10.0 Å². The van der Waals surface area contributed by atoms with E-state index in [2.05, 4.69) is 24.0 Å². The van der Waals surface area contributed by atoms with Crippen molar-refractivity contribution >= 4 is 11.3 Å². The van der Waals surface area contributed by atoms with E-state index in [1.54, 1.807) is 11.3 Å². The van der Waals surface area contributed by atoms with E-state index in [1.807, 2.05) is 6.92 Å². The van der Waals surface area contributed by atoms with Crippen LogP contribution in [0.5, 0.6) is 0 Å². The number of hydrogen-bond donors (Lipinski definition) is 1. The fourth-order valence-corrected chi connectivity index (χ4v) is 2.13. The Morgan fingerprint density at radius 3 is 2.54 bits per heavy atom. The van der Waals surface area contributed by atoms with Crippen LogP contribution in [-0.2, 0) is 6.42 Å². The van der Waals surface area contributed by atoms with E-state index >= 15 is 0 Å². The standard InChI is InChI=1S/C9H17N3S/c1-6(2)4-8(10)5-9-12-11-7(3)13-9/h6,8H,4-5,10H2,1-3H3/t8-/m0/s1. The van der Waals surface area contributed by atoms with Gasteiger partial charge in [-0.2, -0.15) is 0 Å². The molecule has 0 aliphatic rings. The Hall–Kier alpha value is -0.480. The molecule has 0 bridgehead atoms. The van der Waals surface area contributed by atoms with Crippen molar-refractivity contribution in [2.75, 3.05) is 0 Å². The smallest absolute Gasteiger partial charge is 0.118 e. The fourth-order valence-electron chi connectivity index (χ4n) is 1.33. The van der Waals surface area contributed by atoms with Crippen molar-refractivity contribution in [2.45, 2.75) is 39.7 Å². The monoisotopic (exact) mass is 199 g/mol. The van der Waals surface area contributed by atoms with Gasteiger partial charge >= 0.3 is 0 Å². The third-order valence-electron chi connectivity index (χ3n) is 1.78. The van der Waals surface area contributed by atoms with Crippen LogP contribution in [-0.4, -0.2) is 16.2 Å². The molecule has 0 saturated heterocycles. The maximum atomic E-state index is 5.95. The Balaban J connectivity index is 2.40. The maximum absolute atomic E-state index is 5.95. The van der Waals surface area contributed by atoms with Crippen LogP contribution in [0.4, 0.5) is 0 Å². The maximum Gasteiger partial charge on any atom is 0.118 e. The highest BCUT2D eigenvalue weighted by Crippen LogP contribution is 2.12. The van der Waals surface area contributed by atoms with Gasteiger partial charge in [-0.15, -0.1) is 21.5 Å². The summed E-state index contributed by atoms with van der Waals surface area (Å²) in [5.41, 5.74) is 5.95. The molecular formula is C9H17N3S. The summed E-state index contributed by atoms with van der Waals surface area (Å²) in [6.45, 7) is 6.34. The molecule has 4 heteroatoms. The number of hydrogen-bond acceptors (Lipinski definition) is 4. The van der Waals surface area contributed by atoms with Crippen LogP contribution in [0.2, 0.25) is 0 Å². The minimum absolute atomic E-state index is 0.229. The second kappa shape index (κ2) is 4.67. The normalized spacial score (nSPS) is 13.6. The van der Waals surface area contributed by atoms with Crippen LogP contribution in [0.3, 0.4) is 0 Å². The molecule has 3 nitrogen and oxygen atoms in total. The van der Waals surface area contributed by atoms with Crippen LogP contribution in [0.1, 0.15) is 30.3 Å². The zero-order valence-corrected chi connectivity index (χ0v) is 9.27. The van der Waals surface area contributed by atoms with E-state index in [4.69, 9.17) is 5.73 Å². The summed E-state index contributed by atoms with van der Waals surface area (Å²) in [5.74, 6) is 0.656. The summed E-state index contributed by atoms with van der Waals surface area (Å²) in [6, 6.07) is 0.229. The molecule has 2 N–H and O–H groups in total. The lowest BCUT2D eigenvalue weighted by Gasteiger charge is -2.11. The molecule has 1 heterocycles. The van der Waals surface area contributed by atoms with Crippen LogP contribution in [0.15, 0.2) is 0 Å². The molecule has 0 amide bonds. The Kier molecular flexibility index (Phi) is 3.81. The summed E-state index contributed by atoms with van der Waals surface area (Å²) in [6.07, 6.45) is 1.92. The lowest BCUT2D eigenvalue weighted by molar-refractivity contribution is 0.492. The number of nitrogens with two attached hydrogens (primary N) is 1. The van der Waals surface area contributed by atoms with Crippen molar-refractivity contribution in [1.82, 2.24) is 10.2 Å². The van der Waals surface area contributed by atoms with Crippen LogP contribution in [0, 0.1) is 12.8 Å². The topological polar surface area (TPSA) is 51.8 Å². The summed E-state index contributed by atoms with van der Waals surface area (Å²) in [4.78, 5) is 0. The number of nitrogens with zero attached hydrogens (tertiary/aromatic N) is 2. The molecule has 0 aromatic carbocycles. The van der Waals surface area contributed by atoms with E-state index in [9.17, 15) is 0 Å². The molecule has 0 fully saturated rings. The SMILES string of the molecule is Cc1nnc(C[C@@H](N)CC(C)C)s1. The zero-order chi connectivity index (χ0) is 9.84. The number of aryl methyl sites for hydroxylation is 1. The molecular weight excluding hydrogens is 182 g/mol. The van der Waals surface area contributed by atoms with Gasteiger partial charge in [-0.1, -0.05) is 13.8 Å². The molecule has 0 unspecified atom stereocenters.